The molecule has 0 atom stereocenters. The molecule has 0 aliphatic carbocycles. The van der Waals surface area contributed by atoms with Crippen LogP contribution in [0.15, 0.2) is 140 Å². The monoisotopic (exact) mass is 1000 g/mol. The smallest absolute Gasteiger partial charge is 0.0920 e. The normalized spacial score (nSPS) is 11.8. The quantitative estimate of drug-likeness (QED) is 0.0946. The predicted molar refractivity (Wildman–Crippen MR) is 291 cm³/mol. The Bertz CT molecular complexity index is 2620. The first-order valence-electron chi connectivity index (χ1n) is 24.1. The fourth-order valence-corrected chi connectivity index (χ4v) is 11.0. The maximum atomic E-state index is 4.93. The number of halogens is 2. The summed E-state index contributed by atoms with van der Waals surface area (Å²) in [6.07, 6.45) is 2.30. The van der Waals surface area contributed by atoms with Gasteiger partial charge < -0.3 is 0 Å². The van der Waals surface area contributed by atoms with Crippen LogP contribution in [0.1, 0.15) is 140 Å². The van der Waals surface area contributed by atoms with Crippen LogP contribution in [0.3, 0.4) is 0 Å². The van der Waals surface area contributed by atoms with Crippen LogP contribution < -0.4 is 10.4 Å². The first-order valence-corrected chi connectivity index (χ1v) is 31.4. The Balaban J connectivity index is 0.000000166. The van der Waals surface area contributed by atoms with E-state index >= 15 is 0 Å². The molecule has 1 aliphatic rings. The molecular formula is C62H69Cl2SiZr-3. The van der Waals surface area contributed by atoms with Crippen molar-refractivity contribution in [3.8, 4) is 33.4 Å². The van der Waals surface area contributed by atoms with E-state index < -0.39 is 20.8 Å². The maximum absolute atomic E-state index is 4.93. The summed E-state index contributed by atoms with van der Waals surface area (Å²) < 4.78 is 0. The minimum atomic E-state index is -0.826. The molecule has 1 heterocycles. The summed E-state index contributed by atoms with van der Waals surface area (Å²) in [5.74, 6) is 3.46. The van der Waals surface area contributed by atoms with E-state index in [4.69, 9.17) is 17.0 Å². The molecule has 0 fully saturated rings. The van der Waals surface area contributed by atoms with E-state index in [1.165, 1.54) is 98.7 Å². The van der Waals surface area contributed by atoms with Crippen LogP contribution in [0.25, 0.3) is 54.9 Å². The number of rotatable bonds is 10. The second-order valence-corrected chi connectivity index (χ2v) is 25.0. The van der Waals surface area contributed by atoms with Gasteiger partial charge in [-0.05, 0) is 70.6 Å². The molecule has 0 aromatic heterocycles. The molecule has 0 bridgehead atoms. The van der Waals surface area contributed by atoms with E-state index in [9.17, 15) is 0 Å². The van der Waals surface area contributed by atoms with Crippen LogP contribution in [-0.4, -0.2) is 9.52 Å². The van der Waals surface area contributed by atoms with Crippen LogP contribution >= 0.6 is 17.0 Å². The Morgan fingerprint density at radius 2 is 0.864 bits per heavy atom. The van der Waals surface area contributed by atoms with Crippen molar-refractivity contribution in [2.24, 2.45) is 11.8 Å². The molecule has 4 heteroatoms. The van der Waals surface area contributed by atoms with Crippen LogP contribution in [0.2, 0.25) is 0 Å². The second kappa shape index (κ2) is 24.0. The number of benzene rings is 6. The summed E-state index contributed by atoms with van der Waals surface area (Å²) >= 11 is -0.826. The molecule has 0 spiro atoms. The molecule has 0 nitrogen and oxygen atoms in total. The van der Waals surface area contributed by atoms with Crippen molar-refractivity contribution in [3.05, 3.63) is 179 Å². The van der Waals surface area contributed by atoms with Crippen molar-refractivity contribution in [2.75, 3.05) is 0 Å². The van der Waals surface area contributed by atoms with Crippen molar-refractivity contribution in [2.45, 2.75) is 120 Å². The van der Waals surface area contributed by atoms with Crippen molar-refractivity contribution >= 4 is 58.5 Å². The largest absolute Gasteiger partial charge is 0.184 e. The van der Waals surface area contributed by atoms with Gasteiger partial charge >= 0.3 is 37.9 Å². The number of hydrogen-bond acceptors (Lipinski definition) is 0. The van der Waals surface area contributed by atoms with Crippen molar-refractivity contribution in [1.29, 1.82) is 0 Å². The zero-order valence-corrected chi connectivity index (χ0v) is 46.4. The molecule has 2 radical (unpaired) electrons. The third kappa shape index (κ3) is 12.5. The number of hydrogen-bond donors (Lipinski definition) is 0. The fraction of sp³-hybridized carbons (Fsp3) is 0.323. The van der Waals surface area contributed by atoms with Crippen LogP contribution in [0, 0.1) is 17.9 Å². The maximum Gasteiger partial charge on any atom is 0.0920 e. The van der Waals surface area contributed by atoms with E-state index in [0.717, 1.165) is 22.4 Å². The molecule has 8 aromatic rings. The Kier molecular flexibility index (Phi) is 18.8. The van der Waals surface area contributed by atoms with Crippen molar-refractivity contribution < 1.29 is 20.8 Å². The summed E-state index contributed by atoms with van der Waals surface area (Å²) in [5, 5.41) is 8.44. The Hall–Kier alpha value is -3.78. The molecule has 342 valence electrons. The Morgan fingerprint density at radius 1 is 0.470 bits per heavy atom. The van der Waals surface area contributed by atoms with E-state index in [-0.39, 0.29) is 0 Å². The van der Waals surface area contributed by atoms with Gasteiger partial charge in [0.2, 0.25) is 0 Å². The summed E-state index contributed by atoms with van der Waals surface area (Å²) in [6.45, 7) is 27.6. The summed E-state index contributed by atoms with van der Waals surface area (Å²) in [6, 6.07) is 55.1. The third-order valence-electron chi connectivity index (χ3n) is 12.5. The topological polar surface area (TPSA) is 0 Å². The summed E-state index contributed by atoms with van der Waals surface area (Å²) in [4.78, 5) is 0. The van der Waals surface area contributed by atoms with Gasteiger partial charge in [-0.15, -0.1) is 74.6 Å². The number of fused-ring (bicyclic) bond motifs is 5. The molecule has 1 aliphatic heterocycles. The van der Waals surface area contributed by atoms with Gasteiger partial charge in [-0.1, -0.05) is 189 Å². The van der Waals surface area contributed by atoms with Gasteiger partial charge in [-0.2, -0.15) is 41.6 Å². The molecule has 0 saturated heterocycles. The zero-order valence-electron chi connectivity index (χ0n) is 41.4. The van der Waals surface area contributed by atoms with E-state index in [0.29, 0.717) is 35.5 Å². The average Bonchev–Trinajstić information content (AvgIpc) is 4.00. The predicted octanol–water partition coefficient (Wildman–Crippen LogP) is 17.8. The second-order valence-electron chi connectivity index (χ2n) is 20.0. The minimum Gasteiger partial charge on any atom is -0.184 e. The van der Waals surface area contributed by atoms with Crippen molar-refractivity contribution in [3.63, 3.8) is 0 Å². The molecule has 66 heavy (non-hydrogen) atoms. The minimum absolute atomic E-state index is 0.517. The molecule has 9 rings (SSSR count). The van der Waals surface area contributed by atoms with Gasteiger partial charge in [0.25, 0.3) is 0 Å². The molecule has 8 aromatic carbocycles. The molecule has 0 N–H and O–H groups in total. The molecule has 0 saturated carbocycles. The first-order chi connectivity index (χ1) is 31.6. The van der Waals surface area contributed by atoms with E-state index in [1.54, 1.807) is 0 Å². The van der Waals surface area contributed by atoms with Gasteiger partial charge in [0.15, 0.2) is 0 Å². The van der Waals surface area contributed by atoms with Gasteiger partial charge in [0.1, 0.15) is 0 Å². The van der Waals surface area contributed by atoms with Gasteiger partial charge in [-0.25, -0.2) is 0 Å². The van der Waals surface area contributed by atoms with Gasteiger partial charge in [0.05, 0.1) is 9.52 Å². The SMILES string of the molecule is CC(C)Cc1cc2c(-c3ccccc3C(C)C)c(C(C)C)ccc2[cH-]1.CC(C)Cc1cc2c(-c3ccccc3C(C)C)c(C(C)C)ccc2[cH-]1.[Cl][Zr][Cl].[c-]1cccc2c1[Si]c1ccccc1-2. The van der Waals surface area contributed by atoms with Crippen LogP contribution in [0.4, 0.5) is 0 Å². The van der Waals surface area contributed by atoms with Crippen LogP contribution in [0.5, 0.6) is 0 Å². The Morgan fingerprint density at radius 3 is 1.29 bits per heavy atom. The van der Waals surface area contributed by atoms with Gasteiger partial charge in [-0.3, -0.25) is 0 Å². The standard InChI is InChI=1S/2C25H31.C12H7Si.2ClH.Zr/c2*1-16(2)13-19-14-20-11-12-22(18(5)6)25(24(20)15-19)23-10-8-7-9-21(23)17(3)4;1-3-7-11-9(5-1)10-6-2-4-8-12(10)13-11;;;/h2*7-12,14-18H,13H2,1-6H3;1-7H;2*1H;/q3*-1;;;+2/p-2. The fourth-order valence-electron chi connectivity index (χ4n) is 9.65. The third-order valence-corrected chi connectivity index (χ3v) is 13.9. The molecule has 0 amide bonds. The van der Waals surface area contributed by atoms with Crippen LogP contribution in [-0.2, 0) is 33.7 Å². The average molecular weight is 1000 g/mol. The summed E-state index contributed by atoms with van der Waals surface area (Å²) in [7, 11) is 10.7. The molecular weight excluding hydrogens is 935 g/mol. The molecule has 0 unspecified atom stereocenters. The summed E-state index contributed by atoms with van der Waals surface area (Å²) in [5.41, 5.74) is 17.2. The zero-order chi connectivity index (χ0) is 47.7. The van der Waals surface area contributed by atoms with E-state index in [2.05, 4.69) is 223 Å². The van der Waals surface area contributed by atoms with E-state index in [1.807, 2.05) is 6.07 Å². The van der Waals surface area contributed by atoms with Gasteiger partial charge in [0, 0.05) is 0 Å². The first kappa shape index (κ1) is 51.6. The Labute approximate surface area is 419 Å². The van der Waals surface area contributed by atoms with Crippen molar-refractivity contribution in [1.82, 2.24) is 0 Å².